The number of benzene rings is 2. The zero-order chi connectivity index (χ0) is 24.4. The molecule has 2 aromatic carbocycles. The molecule has 3 rings (SSSR count). The van der Waals surface area contributed by atoms with Gasteiger partial charge in [0.05, 0.1) is 25.7 Å². The van der Waals surface area contributed by atoms with Gasteiger partial charge in [-0.3, -0.25) is 4.18 Å². The highest BCUT2D eigenvalue weighted by atomic mass is 32.2. The minimum Gasteiger partial charge on any atom is -0.493 e. The van der Waals surface area contributed by atoms with Gasteiger partial charge in [0.15, 0.2) is 17.8 Å². The molecule has 0 saturated carbocycles. The fourth-order valence-corrected chi connectivity index (χ4v) is 4.85. The average molecular weight is 493 g/mol. The summed E-state index contributed by atoms with van der Waals surface area (Å²) in [5, 5.41) is 0. The highest BCUT2D eigenvalue weighted by Gasteiger charge is 2.17. The van der Waals surface area contributed by atoms with Crippen molar-refractivity contribution in [2.24, 2.45) is 0 Å². The monoisotopic (exact) mass is 492 g/mol. The fraction of sp³-hybridized carbons (Fsp3) is 0.538. The standard InChI is InChI=1S/C26H36O7S/c1-20-10-12-23(13-11-20)34(27,28)33-17-14-22-19-25(30-3)24(29-2)18-21(22)8-4-6-15-31-26-9-5-7-16-32-26/h10-13,18-19,26H,4-9,14-17H2,1-3H3. The lowest BCUT2D eigenvalue weighted by Gasteiger charge is -2.22. The molecule has 0 spiro atoms. The number of ether oxygens (including phenoxy) is 4. The Hall–Kier alpha value is -2.13. The Bertz CT molecular complexity index is 997. The lowest BCUT2D eigenvalue weighted by atomic mass is 9.99. The molecule has 0 radical (unpaired) electrons. The van der Waals surface area contributed by atoms with E-state index in [4.69, 9.17) is 23.1 Å². The Labute approximate surface area is 203 Å². The third-order valence-corrected chi connectivity index (χ3v) is 7.23. The predicted molar refractivity (Wildman–Crippen MR) is 130 cm³/mol. The van der Waals surface area contributed by atoms with E-state index in [1.165, 1.54) is 0 Å². The topological polar surface area (TPSA) is 80.3 Å². The van der Waals surface area contributed by atoms with Crippen LogP contribution in [-0.2, 0) is 36.6 Å². The molecule has 1 atom stereocenters. The molecule has 1 aliphatic rings. The van der Waals surface area contributed by atoms with Crippen LogP contribution < -0.4 is 9.47 Å². The molecule has 0 bridgehead atoms. The van der Waals surface area contributed by atoms with Crippen molar-refractivity contribution in [3.8, 4) is 11.5 Å². The van der Waals surface area contributed by atoms with Gasteiger partial charge in [0.2, 0.25) is 0 Å². The van der Waals surface area contributed by atoms with Crippen molar-refractivity contribution in [1.29, 1.82) is 0 Å². The summed E-state index contributed by atoms with van der Waals surface area (Å²) in [6.07, 6.45) is 6.25. The van der Waals surface area contributed by atoms with Gasteiger partial charge < -0.3 is 18.9 Å². The second kappa shape index (κ2) is 13.1. The number of rotatable bonds is 13. The van der Waals surface area contributed by atoms with E-state index < -0.39 is 10.1 Å². The minimum absolute atomic E-state index is 0.0425. The molecule has 0 N–H and O–H groups in total. The quantitative estimate of drug-likeness (QED) is 0.293. The van der Waals surface area contributed by atoms with Crippen LogP contribution in [0.1, 0.15) is 48.8 Å². The van der Waals surface area contributed by atoms with Gasteiger partial charge in [0.25, 0.3) is 10.1 Å². The van der Waals surface area contributed by atoms with Crippen molar-refractivity contribution in [2.45, 2.75) is 63.1 Å². The maximum absolute atomic E-state index is 12.5. The maximum Gasteiger partial charge on any atom is 0.296 e. The summed E-state index contributed by atoms with van der Waals surface area (Å²) in [6.45, 7) is 3.39. The SMILES string of the molecule is COc1cc(CCCCOC2CCCCO2)c(CCOS(=O)(=O)c2ccc(C)cc2)cc1OC. The number of hydrogen-bond acceptors (Lipinski definition) is 7. The average Bonchev–Trinajstić information content (AvgIpc) is 2.85. The zero-order valence-corrected chi connectivity index (χ0v) is 21.2. The Balaban J connectivity index is 1.58. The molecule has 0 amide bonds. The molecule has 0 aliphatic carbocycles. The number of aryl methyl sites for hydroxylation is 2. The summed E-state index contributed by atoms with van der Waals surface area (Å²) in [4.78, 5) is 0.160. The molecular formula is C26H36O7S. The van der Waals surface area contributed by atoms with Crippen LogP contribution in [0.5, 0.6) is 11.5 Å². The summed E-state index contributed by atoms with van der Waals surface area (Å²) in [7, 11) is -0.613. The third kappa shape index (κ3) is 7.70. The van der Waals surface area contributed by atoms with Crippen LogP contribution >= 0.6 is 0 Å². The number of hydrogen-bond donors (Lipinski definition) is 0. The van der Waals surface area contributed by atoms with Crippen LogP contribution in [0.25, 0.3) is 0 Å². The van der Waals surface area contributed by atoms with Gasteiger partial charge in [0, 0.05) is 13.2 Å². The van der Waals surface area contributed by atoms with Crippen molar-refractivity contribution in [3.05, 3.63) is 53.1 Å². The molecule has 34 heavy (non-hydrogen) atoms. The first-order chi connectivity index (χ1) is 16.4. The van der Waals surface area contributed by atoms with Crippen LogP contribution in [-0.4, -0.2) is 48.7 Å². The first-order valence-electron chi connectivity index (χ1n) is 11.9. The van der Waals surface area contributed by atoms with E-state index in [1.54, 1.807) is 38.5 Å². The van der Waals surface area contributed by atoms with Crippen molar-refractivity contribution in [1.82, 2.24) is 0 Å². The Morgan fingerprint density at radius 1 is 0.912 bits per heavy atom. The molecule has 188 valence electrons. The van der Waals surface area contributed by atoms with Crippen LogP contribution in [0, 0.1) is 6.92 Å². The number of methoxy groups -OCH3 is 2. The first kappa shape index (κ1) is 26.5. The first-order valence-corrected chi connectivity index (χ1v) is 13.3. The summed E-state index contributed by atoms with van der Waals surface area (Å²) >= 11 is 0. The van der Waals surface area contributed by atoms with E-state index in [1.807, 2.05) is 19.1 Å². The molecule has 1 aliphatic heterocycles. The van der Waals surface area contributed by atoms with Gasteiger partial charge in [0.1, 0.15) is 0 Å². The van der Waals surface area contributed by atoms with Crippen LogP contribution in [0.15, 0.2) is 41.3 Å². The Morgan fingerprint density at radius 2 is 1.59 bits per heavy atom. The van der Waals surface area contributed by atoms with Gasteiger partial charge in [-0.2, -0.15) is 8.42 Å². The van der Waals surface area contributed by atoms with E-state index in [-0.39, 0.29) is 17.8 Å². The molecule has 8 heteroatoms. The highest BCUT2D eigenvalue weighted by Crippen LogP contribution is 2.32. The van der Waals surface area contributed by atoms with Gasteiger partial charge in [-0.1, -0.05) is 17.7 Å². The minimum atomic E-state index is -3.81. The predicted octanol–water partition coefficient (Wildman–Crippen LogP) is 4.83. The van der Waals surface area contributed by atoms with Crippen LogP contribution in [0.3, 0.4) is 0 Å². The molecule has 1 fully saturated rings. The lowest BCUT2D eigenvalue weighted by Crippen LogP contribution is -2.22. The maximum atomic E-state index is 12.5. The zero-order valence-electron chi connectivity index (χ0n) is 20.4. The van der Waals surface area contributed by atoms with Crippen molar-refractivity contribution in [2.75, 3.05) is 34.0 Å². The molecule has 0 aromatic heterocycles. The number of unbranched alkanes of at least 4 members (excludes halogenated alkanes) is 1. The summed E-state index contributed by atoms with van der Waals surface area (Å²) in [5.41, 5.74) is 3.06. The van der Waals surface area contributed by atoms with E-state index in [0.717, 1.165) is 61.8 Å². The van der Waals surface area contributed by atoms with Crippen LogP contribution in [0.2, 0.25) is 0 Å². The van der Waals surface area contributed by atoms with E-state index >= 15 is 0 Å². The van der Waals surface area contributed by atoms with Gasteiger partial charge in [-0.15, -0.1) is 0 Å². The van der Waals surface area contributed by atoms with E-state index in [9.17, 15) is 8.42 Å². The smallest absolute Gasteiger partial charge is 0.296 e. The summed E-state index contributed by atoms with van der Waals surface area (Å²) in [5.74, 6) is 1.27. The van der Waals surface area contributed by atoms with Gasteiger partial charge >= 0.3 is 0 Å². The Morgan fingerprint density at radius 3 is 2.21 bits per heavy atom. The normalized spacial score (nSPS) is 16.4. The van der Waals surface area contributed by atoms with Gasteiger partial charge in [-0.05, 0) is 87.3 Å². The lowest BCUT2D eigenvalue weighted by molar-refractivity contribution is -0.162. The van der Waals surface area contributed by atoms with Crippen LogP contribution in [0.4, 0.5) is 0 Å². The van der Waals surface area contributed by atoms with Crippen molar-refractivity contribution in [3.63, 3.8) is 0 Å². The molecule has 7 nitrogen and oxygen atoms in total. The summed E-state index contributed by atoms with van der Waals surface area (Å²) in [6, 6.07) is 10.5. The van der Waals surface area contributed by atoms with Crippen molar-refractivity contribution >= 4 is 10.1 Å². The molecule has 1 saturated heterocycles. The second-order valence-electron chi connectivity index (χ2n) is 8.44. The molecule has 1 heterocycles. The summed E-state index contributed by atoms with van der Waals surface area (Å²) < 4.78 is 52.7. The largest absolute Gasteiger partial charge is 0.493 e. The van der Waals surface area contributed by atoms with E-state index in [2.05, 4.69) is 0 Å². The molecular weight excluding hydrogens is 456 g/mol. The van der Waals surface area contributed by atoms with Crippen molar-refractivity contribution < 1.29 is 31.5 Å². The molecule has 1 unspecified atom stereocenters. The fourth-order valence-electron chi connectivity index (χ4n) is 3.94. The third-order valence-electron chi connectivity index (χ3n) is 5.91. The highest BCUT2D eigenvalue weighted by molar-refractivity contribution is 7.86. The van der Waals surface area contributed by atoms with E-state index in [0.29, 0.717) is 24.5 Å². The second-order valence-corrected chi connectivity index (χ2v) is 10.1. The van der Waals surface area contributed by atoms with Gasteiger partial charge in [-0.25, -0.2) is 0 Å². The Kier molecular flexibility index (Phi) is 10.2. The molecule has 2 aromatic rings.